The second-order valence-electron chi connectivity index (χ2n) is 5.51. The van der Waals surface area contributed by atoms with E-state index in [0.717, 1.165) is 41.5 Å². The zero-order valence-corrected chi connectivity index (χ0v) is 13.8. The highest BCUT2D eigenvalue weighted by molar-refractivity contribution is 7.15. The van der Waals surface area contributed by atoms with E-state index in [2.05, 4.69) is 20.3 Å². The van der Waals surface area contributed by atoms with Crippen LogP contribution < -0.4 is 11.1 Å². The molecular formula is C15H20N6OS. The molecule has 122 valence electrons. The average molecular weight is 332 g/mol. The summed E-state index contributed by atoms with van der Waals surface area (Å²) in [6, 6.07) is 1.84. The van der Waals surface area contributed by atoms with Gasteiger partial charge < -0.3 is 16.0 Å². The SMILES string of the molecule is Cc1cnc(Nc2nccc([C@H]3CCCCN3C(=O)CN)n2)s1. The van der Waals surface area contributed by atoms with Crippen molar-refractivity contribution in [1.82, 2.24) is 19.9 Å². The summed E-state index contributed by atoms with van der Waals surface area (Å²) in [7, 11) is 0. The molecule has 0 radical (unpaired) electrons. The molecule has 1 aliphatic rings. The Kier molecular flexibility index (Phi) is 4.82. The molecule has 1 atom stereocenters. The minimum Gasteiger partial charge on any atom is -0.333 e. The van der Waals surface area contributed by atoms with E-state index in [1.54, 1.807) is 23.7 Å². The molecule has 1 saturated heterocycles. The number of aromatic nitrogens is 3. The van der Waals surface area contributed by atoms with Gasteiger partial charge in [-0.05, 0) is 32.3 Å². The molecule has 1 aliphatic heterocycles. The number of anilines is 2. The lowest BCUT2D eigenvalue weighted by Crippen LogP contribution is -2.42. The summed E-state index contributed by atoms with van der Waals surface area (Å²) in [6.07, 6.45) is 6.51. The monoisotopic (exact) mass is 332 g/mol. The van der Waals surface area contributed by atoms with E-state index in [1.807, 2.05) is 17.9 Å². The molecule has 1 amide bonds. The Balaban J connectivity index is 1.81. The summed E-state index contributed by atoms with van der Waals surface area (Å²) in [5.41, 5.74) is 6.38. The number of nitrogens with one attached hydrogen (secondary N) is 1. The predicted octanol–water partition coefficient (Wildman–Crippen LogP) is 2.00. The number of amides is 1. The molecule has 8 heteroatoms. The lowest BCUT2D eigenvalue weighted by atomic mass is 9.99. The number of carbonyl (C=O) groups is 1. The molecular weight excluding hydrogens is 312 g/mol. The number of nitrogens with zero attached hydrogens (tertiary/aromatic N) is 4. The number of piperidine rings is 1. The van der Waals surface area contributed by atoms with Gasteiger partial charge in [0.2, 0.25) is 11.9 Å². The van der Waals surface area contributed by atoms with Gasteiger partial charge in [0.25, 0.3) is 0 Å². The maximum Gasteiger partial charge on any atom is 0.236 e. The van der Waals surface area contributed by atoms with Crippen LogP contribution in [0.5, 0.6) is 0 Å². The lowest BCUT2D eigenvalue weighted by molar-refractivity contribution is -0.133. The second kappa shape index (κ2) is 7.01. The molecule has 2 aromatic heterocycles. The van der Waals surface area contributed by atoms with Gasteiger partial charge in [0.05, 0.1) is 18.3 Å². The van der Waals surface area contributed by atoms with Crippen molar-refractivity contribution in [3.8, 4) is 0 Å². The Labute approximate surface area is 139 Å². The van der Waals surface area contributed by atoms with Gasteiger partial charge in [0.1, 0.15) is 0 Å². The highest BCUT2D eigenvalue weighted by atomic mass is 32.1. The first-order valence-electron chi connectivity index (χ1n) is 7.69. The van der Waals surface area contributed by atoms with Crippen molar-refractivity contribution >= 4 is 28.3 Å². The van der Waals surface area contributed by atoms with E-state index < -0.39 is 0 Å². The minimum absolute atomic E-state index is 0.0265. The number of hydrogen-bond acceptors (Lipinski definition) is 7. The summed E-state index contributed by atoms with van der Waals surface area (Å²) in [6.45, 7) is 2.77. The molecule has 23 heavy (non-hydrogen) atoms. The van der Waals surface area contributed by atoms with Crippen molar-refractivity contribution in [2.24, 2.45) is 5.73 Å². The van der Waals surface area contributed by atoms with Gasteiger partial charge in [0, 0.05) is 23.8 Å². The Morgan fingerprint density at radius 1 is 1.48 bits per heavy atom. The van der Waals surface area contributed by atoms with Crippen LogP contribution in [-0.2, 0) is 4.79 Å². The Hall–Kier alpha value is -2.06. The topological polar surface area (TPSA) is 97.0 Å². The van der Waals surface area contributed by atoms with Gasteiger partial charge in [-0.3, -0.25) is 4.79 Å². The molecule has 0 bridgehead atoms. The van der Waals surface area contributed by atoms with Crippen LogP contribution in [0.25, 0.3) is 0 Å². The summed E-state index contributed by atoms with van der Waals surface area (Å²) in [5.74, 6) is 0.473. The van der Waals surface area contributed by atoms with Crippen LogP contribution in [0.4, 0.5) is 11.1 Å². The zero-order chi connectivity index (χ0) is 16.2. The predicted molar refractivity (Wildman–Crippen MR) is 89.5 cm³/mol. The van der Waals surface area contributed by atoms with E-state index in [9.17, 15) is 4.79 Å². The number of thiazole rings is 1. The van der Waals surface area contributed by atoms with Crippen molar-refractivity contribution < 1.29 is 4.79 Å². The molecule has 3 rings (SSSR count). The third-order valence-corrected chi connectivity index (χ3v) is 4.68. The van der Waals surface area contributed by atoms with Crippen molar-refractivity contribution in [3.05, 3.63) is 29.0 Å². The molecule has 3 heterocycles. The normalized spacial score (nSPS) is 18.0. The van der Waals surface area contributed by atoms with Gasteiger partial charge >= 0.3 is 0 Å². The fourth-order valence-corrected chi connectivity index (χ4v) is 3.44. The van der Waals surface area contributed by atoms with Crippen LogP contribution in [0.2, 0.25) is 0 Å². The first-order valence-corrected chi connectivity index (χ1v) is 8.51. The fraction of sp³-hybridized carbons (Fsp3) is 0.467. The van der Waals surface area contributed by atoms with Crippen molar-refractivity contribution in [1.29, 1.82) is 0 Å². The van der Waals surface area contributed by atoms with Gasteiger partial charge in [-0.15, -0.1) is 11.3 Å². The van der Waals surface area contributed by atoms with Crippen LogP contribution in [0.1, 0.15) is 35.9 Å². The van der Waals surface area contributed by atoms with Gasteiger partial charge in [-0.1, -0.05) is 0 Å². The Morgan fingerprint density at radius 2 is 2.35 bits per heavy atom. The first-order chi connectivity index (χ1) is 11.2. The van der Waals surface area contributed by atoms with Crippen LogP contribution >= 0.6 is 11.3 Å². The Morgan fingerprint density at radius 3 is 3.09 bits per heavy atom. The summed E-state index contributed by atoms with van der Waals surface area (Å²) >= 11 is 1.55. The molecule has 0 aromatic carbocycles. The smallest absolute Gasteiger partial charge is 0.236 e. The first kappa shape index (κ1) is 15.8. The van der Waals surface area contributed by atoms with Crippen molar-refractivity contribution in [2.75, 3.05) is 18.4 Å². The molecule has 0 saturated carbocycles. The van der Waals surface area contributed by atoms with Gasteiger partial charge in [-0.25, -0.2) is 15.0 Å². The lowest BCUT2D eigenvalue weighted by Gasteiger charge is -2.35. The van der Waals surface area contributed by atoms with Gasteiger partial charge in [0.15, 0.2) is 5.13 Å². The van der Waals surface area contributed by atoms with Crippen LogP contribution in [0.3, 0.4) is 0 Å². The van der Waals surface area contributed by atoms with E-state index in [-0.39, 0.29) is 18.5 Å². The number of likely N-dealkylation sites (tertiary alicyclic amines) is 1. The number of carbonyl (C=O) groups excluding carboxylic acids is 1. The maximum absolute atomic E-state index is 12.1. The molecule has 0 spiro atoms. The third-order valence-electron chi connectivity index (χ3n) is 3.86. The standard InChI is InChI=1S/C15H20N6OS/c1-10-9-18-15(23-10)20-14-17-6-5-11(19-14)12-4-2-3-7-21(12)13(22)8-16/h5-6,9,12H,2-4,7-8,16H2,1H3,(H,17,18,19,20)/t12-/m1/s1. The molecule has 1 fully saturated rings. The summed E-state index contributed by atoms with van der Waals surface area (Å²) < 4.78 is 0. The van der Waals surface area contributed by atoms with Crippen molar-refractivity contribution in [2.45, 2.75) is 32.2 Å². The quantitative estimate of drug-likeness (QED) is 0.889. The average Bonchev–Trinajstić information content (AvgIpc) is 2.99. The molecule has 0 aliphatic carbocycles. The fourth-order valence-electron chi connectivity index (χ4n) is 2.78. The highest BCUT2D eigenvalue weighted by Gasteiger charge is 2.28. The molecule has 3 N–H and O–H groups in total. The second-order valence-corrected chi connectivity index (χ2v) is 6.74. The van der Waals surface area contributed by atoms with Crippen molar-refractivity contribution in [3.63, 3.8) is 0 Å². The molecule has 0 unspecified atom stereocenters. The number of aryl methyl sites for hydroxylation is 1. The Bertz CT molecular complexity index is 688. The summed E-state index contributed by atoms with van der Waals surface area (Å²) in [4.78, 5) is 28.1. The van der Waals surface area contributed by atoms with E-state index in [4.69, 9.17) is 5.73 Å². The van der Waals surface area contributed by atoms with Crippen LogP contribution in [0, 0.1) is 6.92 Å². The molecule has 7 nitrogen and oxygen atoms in total. The zero-order valence-electron chi connectivity index (χ0n) is 13.0. The number of nitrogens with two attached hydrogens (primary N) is 1. The number of hydrogen-bond donors (Lipinski definition) is 2. The third kappa shape index (κ3) is 3.65. The largest absolute Gasteiger partial charge is 0.333 e. The van der Waals surface area contributed by atoms with Crippen LogP contribution in [0.15, 0.2) is 18.5 Å². The maximum atomic E-state index is 12.1. The number of rotatable bonds is 4. The van der Waals surface area contributed by atoms with E-state index >= 15 is 0 Å². The van der Waals surface area contributed by atoms with Gasteiger partial charge in [-0.2, -0.15) is 0 Å². The highest BCUT2D eigenvalue weighted by Crippen LogP contribution is 2.30. The minimum atomic E-state index is -0.0293. The summed E-state index contributed by atoms with van der Waals surface area (Å²) in [5, 5.41) is 3.88. The van der Waals surface area contributed by atoms with E-state index in [0.29, 0.717) is 5.95 Å². The molecule has 2 aromatic rings. The van der Waals surface area contributed by atoms with E-state index in [1.165, 1.54) is 0 Å². The van der Waals surface area contributed by atoms with Crippen LogP contribution in [-0.4, -0.2) is 38.8 Å².